The molecule has 0 aliphatic heterocycles. The highest BCUT2D eigenvalue weighted by Crippen LogP contribution is 2.18. The molecule has 0 spiro atoms. The van der Waals surface area contributed by atoms with Gasteiger partial charge in [0.2, 0.25) is 0 Å². The summed E-state index contributed by atoms with van der Waals surface area (Å²) in [7, 11) is 0. The fourth-order valence-corrected chi connectivity index (χ4v) is 1.93. The molecule has 2 aromatic rings. The van der Waals surface area contributed by atoms with Crippen molar-refractivity contribution in [2.24, 2.45) is 0 Å². The topological polar surface area (TPSA) is 49.3 Å². The minimum atomic E-state index is -0.817. The van der Waals surface area contributed by atoms with Crippen molar-refractivity contribution in [3.05, 3.63) is 48.0 Å². The zero-order valence-electron chi connectivity index (χ0n) is 9.52. The number of carboxylic acids is 1. The Labute approximate surface area is 100 Å². The molecule has 0 aromatic heterocycles. The van der Waals surface area contributed by atoms with Crippen molar-refractivity contribution >= 4 is 16.7 Å². The molecule has 0 amide bonds. The van der Waals surface area contributed by atoms with Gasteiger partial charge in [-0.25, -0.2) is 0 Å². The number of fused-ring (bicyclic) bond motifs is 1. The van der Waals surface area contributed by atoms with Gasteiger partial charge in [0.05, 0.1) is 6.54 Å². The smallest absolute Gasteiger partial charge is 0.317 e. The van der Waals surface area contributed by atoms with E-state index in [-0.39, 0.29) is 6.54 Å². The van der Waals surface area contributed by atoms with E-state index in [1.165, 1.54) is 16.3 Å². The molecule has 17 heavy (non-hydrogen) atoms. The molecule has 3 nitrogen and oxygen atoms in total. The molecule has 0 aliphatic carbocycles. The molecule has 2 rings (SSSR count). The molecule has 2 aromatic carbocycles. The molecule has 88 valence electrons. The van der Waals surface area contributed by atoms with Gasteiger partial charge in [0.1, 0.15) is 0 Å². The fraction of sp³-hybridized carbons (Fsp3) is 0.214. The quantitative estimate of drug-likeness (QED) is 0.771. The van der Waals surface area contributed by atoms with Gasteiger partial charge in [-0.15, -0.1) is 0 Å². The predicted molar refractivity (Wildman–Crippen MR) is 68.2 cm³/mol. The van der Waals surface area contributed by atoms with E-state index in [1.54, 1.807) is 0 Å². The van der Waals surface area contributed by atoms with Crippen LogP contribution in [0.5, 0.6) is 0 Å². The summed E-state index contributed by atoms with van der Waals surface area (Å²) in [6.07, 6.45) is 0.842. The summed E-state index contributed by atoms with van der Waals surface area (Å²) < 4.78 is 0. The lowest BCUT2D eigenvalue weighted by Gasteiger charge is -2.06. The number of carbonyl (C=O) groups is 1. The van der Waals surface area contributed by atoms with E-state index < -0.39 is 5.97 Å². The van der Waals surface area contributed by atoms with Crippen LogP contribution in [0.2, 0.25) is 0 Å². The van der Waals surface area contributed by atoms with Crippen molar-refractivity contribution in [3.8, 4) is 0 Å². The van der Waals surface area contributed by atoms with Crippen LogP contribution >= 0.6 is 0 Å². The highest BCUT2D eigenvalue weighted by molar-refractivity contribution is 5.85. The molecule has 0 atom stereocenters. The van der Waals surface area contributed by atoms with E-state index in [9.17, 15) is 4.79 Å². The molecule has 0 unspecified atom stereocenters. The molecular formula is C14H15NO2. The normalized spacial score (nSPS) is 10.6. The highest BCUT2D eigenvalue weighted by Gasteiger charge is 2.00. The van der Waals surface area contributed by atoms with Crippen LogP contribution in [-0.2, 0) is 11.2 Å². The summed E-state index contributed by atoms with van der Waals surface area (Å²) in [5.74, 6) is -0.817. The SMILES string of the molecule is O=C(O)CNCCc1cccc2ccccc12. The van der Waals surface area contributed by atoms with E-state index in [0.717, 1.165) is 6.42 Å². The van der Waals surface area contributed by atoms with Gasteiger partial charge in [0, 0.05) is 0 Å². The van der Waals surface area contributed by atoms with Crippen LogP contribution in [0.25, 0.3) is 10.8 Å². The molecule has 2 N–H and O–H groups in total. The Morgan fingerprint density at radius 3 is 2.71 bits per heavy atom. The Kier molecular flexibility index (Phi) is 3.73. The largest absolute Gasteiger partial charge is 0.480 e. The van der Waals surface area contributed by atoms with Crippen LogP contribution in [-0.4, -0.2) is 24.2 Å². The summed E-state index contributed by atoms with van der Waals surface area (Å²) in [6, 6.07) is 14.4. The maximum atomic E-state index is 10.4. The maximum absolute atomic E-state index is 10.4. The molecule has 0 heterocycles. The number of nitrogens with one attached hydrogen (secondary N) is 1. The third kappa shape index (κ3) is 3.04. The summed E-state index contributed by atoms with van der Waals surface area (Å²) >= 11 is 0. The Morgan fingerprint density at radius 2 is 1.88 bits per heavy atom. The molecule has 0 fully saturated rings. The zero-order chi connectivity index (χ0) is 12.1. The Hall–Kier alpha value is -1.87. The van der Waals surface area contributed by atoms with Gasteiger partial charge in [-0.05, 0) is 29.3 Å². The molecule has 0 saturated carbocycles. The second-order valence-corrected chi connectivity index (χ2v) is 3.96. The van der Waals surface area contributed by atoms with Crippen molar-refractivity contribution in [1.29, 1.82) is 0 Å². The van der Waals surface area contributed by atoms with E-state index in [0.29, 0.717) is 6.54 Å². The number of rotatable bonds is 5. The van der Waals surface area contributed by atoms with Gasteiger partial charge >= 0.3 is 5.97 Å². The lowest BCUT2D eigenvalue weighted by Crippen LogP contribution is -2.24. The first-order chi connectivity index (χ1) is 8.27. The fourth-order valence-electron chi connectivity index (χ4n) is 1.93. The van der Waals surface area contributed by atoms with Crippen molar-refractivity contribution in [1.82, 2.24) is 5.32 Å². The standard InChI is InChI=1S/C14H15NO2/c16-14(17)10-15-9-8-12-6-3-5-11-4-1-2-7-13(11)12/h1-7,15H,8-10H2,(H,16,17). The first-order valence-electron chi connectivity index (χ1n) is 5.66. The van der Waals surface area contributed by atoms with Crippen molar-refractivity contribution in [3.63, 3.8) is 0 Å². The van der Waals surface area contributed by atoms with Gasteiger partial charge in [0.25, 0.3) is 0 Å². The maximum Gasteiger partial charge on any atom is 0.317 e. The van der Waals surface area contributed by atoms with Gasteiger partial charge < -0.3 is 10.4 Å². The number of aliphatic carboxylic acids is 1. The Balaban J connectivity index is 2.05. The van der Waals surface area contributed by atoms with Crippen LogP contribution in [0.1, 0.15) is 5.56 Å². The summed E-state index contributed by atoms with van der Waals surface area (Å²) in [4.78, 5) is 10.4. The number of hydrogen-bond acceptors (Lipinski definition) is 2. The van der Waals surface area contributed by atoms with E-state index in [4.69, 9.17) is 5.11 Å². The average molecular weight is 229 g/mol. The highest BCUT2D eigenvalue weighted by atomic mass is 16.4. The minimum Gasteiger partial charge on any atom is -0.480 e. The van der Waals surface area contributed by atoms with Crippen LogP contribution in [0.4, 0.5) is 0 Å². The van der Waals surface area contributed by atoms with Crippen LogP contribution in [0, 0.1) is 0 Å². The first-order valence-corrected chi connectivity index (χ1v) is 5.66. The second kappa shape index (κ2) is 5.46. The molecular weight excluding hydrogens is 214 g/mol. The molecule has 0 radical (unpaired) electrons. The number of hydrogen-bond donors (Lipinski definition) is 2. The number of benzene rings is 2. The first kappa shape index (κ1) is 11.6. The van der Waals surface area contributed by atoms with Gasteiger partial charge in [0.15, 0.2) is 0 Å². The Morgan fingerprint density at radius 1 is 1.12 bits per heavy atom. The molecule has 0 saturated heterocycles. The van der Waals surface area contributed by atoms with E-state index in [1.807, 2.05) is 18.2 Å². The lowest BCUT2D eigenvalue weighted by atomic mass is 10.0. The average Bonchev–Trinajstić information content (AvgIpc) is 2.34. The van der Waals surface area contributed by atoms with E-state index >= 15 is 0 Å². The summed E-state index contributed by atoms with van der Waals surface area (Å²) in [6.45, 7) is 0.699. The van der Waals surface area contributed by atoms with Crippen LogP contribution in [0.3, 0.4) is 0 Å². The summed E-state index contributed by atoms with van der Waals surface area (Å²) in [5, 5.41) is 13.9. The van der Waals surface area contributed by atoms with Gasteiger partial charge in [-0.2, -0.15) is 0 Å². The monoisotopic (exact) mass is 229 g/mol. The van der Waals surface area contributed by atoms with Crippen LogP contribution in [0.15, 0.2) is 42.5 Å². The van der Waals surface area contributed by atoms with Gasteiger partial charge in [-0.1, -0.05) is 42.5 Å². The predicted octanol–water partition coefficient (Wildman–Crippen LogP) is 2.06. The third-order valence-corrected chi connectivity index (χ3v) is 2.73. The third-order valence-electron chi connectivity index (χ3n) is 2.73. The molecule has 0 bridgehead atoms. The van der Waals surface area contributed by atoms with Gasteiger partial charge in [-0.3, -0.25) is 4.79 Å². The van der Waals surface area contributed by atoms with Crippen molar-refractivity contribution in [2.45, 2.75) is 6.42 Å². The second-order valence-electron chi connectivity index (χ2n) is 3.96. The van der Waals surface area contributed by atoms with Crippen molar-refractivity contribution in [2.75, 3.05) is 13.1 Å². The summed E-state index contributed by atoms with van der Waals surface area (Å²) in [5.41, 5.74) is 1.25. The number of carboxylic acid groups (broad SMARTS) is 1. The molecule has 0 aliphatic rings. The molecule has 3 heteroatoms. The minimum absolute atomic E-state index is 0.0186. The zero-order valence-corrected chi connectivity index (χ0v) is 9.52. The lowest BCUT2D eigenvalue weighted by molar-refractivity contribution is -0.135. The Bertz CT molecular complexity index is 517. The van der Waals surface area contributed by atoms with Crippen molar-refractivity contribution < 1.29 is 9.90 Å². The van der Waals surface area contributed by atoms with E-state index in [2.05, 4.69) is 29.6 Å². The van der Waals surface area contributed by atoms with Crippen LogP contribution < -0.4 is 5.32 Å².